The molecule has 1 amide bonds. The fourth-order valence-corrected chi connectivity index (χ4v) is 3.76. The maximum atomic E-state index is 12.7. The first-order chi connectivity index (χ1) is 15.0. The zero-order chi connectivity index (χ0) is 22.4. The Bertz CT molecular complexity index is 998. The fourth-order valence-electron chi connectivity index (χ4n) is 3.76. The van der Waals surface area contributed by atoms with E-state index in [-0.39, 0.29) is 30.9 Å². The molecule has 1 aliphatic heterocycles. The lowest BCUT2D eigenvalue weighted by Gasteiger charge is -2.36. The quantitative estimate of drug-likeness (QED) is 0.683. The van der Waals surface area contributed by atoms with Crippen molar-refractivity contribution >= 4 is 17.6 Å². The van der Waals surface area contributed by atoms with Crippen LogP contribution in [-0.2, 0) is 20.7 Å². The van der Waals surface area contributed by atoms with E-state index in [9.17, 15) is 9.59 Å². The molecule has 0 saturated heterocycles. The molecule has 162 valence electrons. The third-order valence-electron chi connectivity index (χ3n) is 5.35. The van der Waals surface area contributed by atoms with E-state index in [1.165, 1.54) is 7.11 Å². The van der Waals surface area contributed by atoms with Gasteiger partial charge in [0.25, 0.3) is 0 Å². The molecule has 1 N–H and O–H groups in total. The van der Waals surface area contributed by atoms with Gasteiger partial charge in [-0.2, -0.15) is 5.26 Å². The van der Waals surface area contributed by atoms with Crippen LogP contribution in [0.3, 0.4) is 0 Å². The van der Waals surface area contributed by atoms with Gasteiger partial charge in [-0.25, -0.2) is 0 Å². The van der Waals surface area contributed by atoms with Crippen molar-refractivity contribution in [3.05, 3.63) is 53.1 Å². The zero-order valence-electron chi connectivity index (χ0n) is 17.8. The van der Waals surface area contributed by atoms with Crippen molar-refractivity contribution in [1.82, 2.24) is 4.90 Å². The fraction of sp³-hybridized carbons (Fsp3) is 0.348. The number of esters is 1. The Labute approximate surface area is 181 Å². The highest BCUT2D eigenvalue weighted by molar-refractivity contribution is 5.92. The Morgan fingerprint density at radius 1 is 1.13 bits per heavy atom. The Kier molecular flexibility index (Phi) is 7.11. The molecule has 1 heterocycles. The largest absolute Gasteiger partial charge is 0.493 e. The number of nitrogens with zero attached hydrogens (tertiary/aromatic N) is 2. The highest BCUT2D eigenvalue weighted by Gasteiger charge is 2.32. The van der Waals surface area contributed by atoms with Crippen LogP contribution in [-0.4, -0.2) is 51.2 Å². The van der Waals surface area contributed by atoms with Gasteiger partial charge in [0.2, 0.25) is 5.91 Å². The second-order valence-electron chi connectivity index (χ2n) is 7.16. The van der Waals surface area contributed by atoms with E-state index >= 15 is 0 Å². The van der Waals surface area contributed by atoms with Crippen LogP contribution >= 0.6 is 0 Å². The molecule has 0 bridgehead atoms. The van der Waals surface area contributed by atoms with E-state index in [0.717, 1.165) is 11.1 Å². The lowest BCUT2D eigenvalue weighted by molar-refractivity contribution is -0.142. The predicted molar refractivity (Wildman–Crippen MR) is 114 cm³/mol. The minimum atomic E-state index is -0.356. The van der Waals surface area contributed by atoms with Gasteiger partial charge in [0, 0.05) is 18.3 Å². The number of ether oxygens (including phenoxy) is 3. The number of fused-ring (bicyclic) bond motifs is 1. The van der Waals surface area contributed by atoms with E-state index in [1.54, 1.807) is 38.5 Å². The summed E-state index contributed by atoms with van der Waals surface area (Å²) in [6.45, 7) is 0.709. The molecule has 31 heavy (non-hydrogen) atoms. The summed E-state index contributed by atoms with van der Waals surface area (Å²) in [5.74, 6) is 0.638. The summed E-state index contributed by atoms with van der Waals surface area (Å²) in [6, 6.07) is 12.2. The molecular weight excluding hydrogens is 398 g/mol. The molecule has 8 nitrogen and oxygen atoms in total. The van der Waals surface area contributed by atoms with Crippen LogP contribution in [0.4, 0.5) is 5.69 Å². The highest BCUT2D eigenvalue weighted by atomic mass is 16.5. The molecule has 0 radical (unpaired) electrons. The van der Waals surface area contributed by atoms with E-state index in [4.69, 9.17) is 19.5 Å². The van der Waals surface area contributed by atoms with Gasteiger partial charge < -0.3 is 19.5 Å². The Morgan fingerprint density at radius 2 is 1.81 bits per heavy atom. The minimum absolute atomic E-state index is 0.107. The van der Waals surface area contributed by atoms with E-state index < -0.39 is 0 Å². The van der Waals surface area contributed by atoms with Crippen molar-refractivity contribution in [2.24, 2.45) is 0 Å². The van der Waals surface area contributed by atoms with Gasteiger partial charge in [0.15, 0.2) is 11.5 Å². The molecule has 2 aromatic carbocycles. The zero-order valence-corrected chi connectivity index (χ0v) is 17.8. The summed E-state index contributed by atoms with van der Waals surface area (Å²) in [5.41, 5.74) is 3.10. The van der Waals surface area contributed by atoms with Gasteiger partial charge in [-0.1, -0.05) is 0 Å². The lowest BCUT2D eigenvalue weighted by Crippen LogP contribution is -2.41. The third-order valence-corrected chi connectivity index (χ3v) is 5.35. The number of carbonyl (C=O) groups excluding carboxylic acids is 2. The molecule has 0 fully saturated rings. The van der Waals surface area contributed by atoms with Crippen molar-refractivity contribution in [1.29, 1.82) is 5.26 Å². The lowest BCUT2D eigenvalue weighted by atomic mass is 9.90. The molecule has 0 spiro atoms. The molecule has 8 heteroatoms. The van der Waals surface area contributed by atoms with Crippen LogP contribution in [0.5, 0.6) is 11.5 Å². The number of methoxy groups -OCH3 is 3. The SMILES string of the molecule is COC(=O)C[C@@H]1c2cc(OC)c(OC)cc2CCN1CC(=O)Nc1ccc(C#N)cc1. The summed E-state index contributed by atoms with van der Waals surface area (Å²) in [7, 11) is 4.49. The van der Waals surface area contributed by atoms with Crippen molar-refractivity contribution < 1.29 is 23.8 Å². The minimum Gasteiger partial charge on any atom is -0.493 e. The monoisotopic (exact) mass is 423 g/mol. The average molecular weight is 423 g/mol. The molecule has 0 unspecified atom stereocenters. The van der Waals surface area contributed by atoms with E-state index in [2.05, 4.69) is 5.32 Å². The molecule has 3 rings (SSSR count). The van der Waals surface area contributed by atoms with Gasteiger partial charge in [-0.05, 0) is 53.9 Å². The summed E-state index contributed by atoms with van der Waals surface area (Å²) >= 11 is 0. The maximum Gasteiger partial charge on any atom is 0.307 e. The maximum absolute atomic E-state index is 12.7. The standard InChI is InChI=1S/C23H25N3O5/c1-29-20-10-16-8-9-26(14-22(27)25-17-6-4-15(13-24)5-7-17)19(12-23(28)31-3)18(16)11-21(20)30-2/h4-7,10-11,19H,8-9,12,14H2,1-3H3,(H,25,27)/t19-/m1/s1. The molecular formula is C23H25N3O5. The number of nitrogens with one attached hydrogen (secondary N) is 1. The number of hydrogen-bond donors (Lipinski definition) is 1. The Hall–Kier alpha value is -3.57. The Balaban J connectivity index is 1.82. The smallest absolute Gasteiger partial charge is 0.307 e. The van der Waals surface area contributed by atoms with Crippen LogP contribution in [0.1, 0.15) is 29.2 Å². The highest BCUT2D eigenvalue weighted by Crippen LogP contribution is 2.39. The normalized spacial score (nSPS) is 15.4. The van der Waals surface area contributed by atoms with Crippen LogP contribution in [0.25, 0.3) is 0 Å². The topological polar surface area (TPSA) is 101 Å². The van der Waals surface area contributed by atoms with Crippen molar-refractivity contribution in [2.75, 3.05) is 39.7 Å². The van der Waals surface area contributed by atoms with Crippen molar-refractivity contribution in [2.45, 2.75) is 18.9 Å². The van der Waals surface area contributed by atoms with Crippen LogP contribution in [0, 0.1) is 11.3 Å². The third kappa shape index (κ3) is 5.13. The van der Waals surface area contributed by atoms with Gasteiger partial charge >= 0.3 is 5.97 Å². The molecule has 1 atom stereocenters. The second kappa shape index (κ2) is 9.96. The number of nitriles is 1. The molecule has 2 aromatic rings. The van der Waals surface area contributed by atoms with Gasteiger partial charge in [-0.3, -0.25) is 14.5 Å². The van der Waals surface area contributed by atoms with Crippen LogP contribution in [0.15, 0.2) is 36.4 Å². The van der Waals surface area contributed by atoms with Gasteiger partial charge in [-0.15, -0.1) is 0 Å². The molecule has 0 saturated carbocycles. The van der Waals surface area contributed by atoms with E-state index in [1.807, 2.05) is 23.1 Å². The van der Waals surface area contributed by atoms with Crippen molar-refractivity contribution in [3.8, 4) is 17.6 Å². The van der Waals surface area contributed by atoms with E-state index in [0.29, 0.717) is 35.7 Å². The summed E-state index contributed by atoms with van der Waals surface area (Å²) in [6.07, 6.45) is 0.820. The Morgan fingerprint density at radius 3 is 2.42 bits per heavy atom. The van der Waals surface area contributed by atoms with Gasteiger partial charge in [0.05, 0.1) is 45.9 Å². The van der Waals surface area contributed by atoms with Crippen LogP contribution in [0.2, 0.25) is 0 Å². The number of benzene rings is 2. The summed E-state index contributed by atoms with van der Waals surface area (Å²) in [5, 5.41) is 11.7. The second-order valence-corrected chi connectivity index (χ2v) is 7.16. The first kappa shape index (κ1) is 22.1. The predicted octanol–water partition coefficient (Wildman–Crippen LogP) is 2.68. The molecule has 1 aliphatic rings. The summed E-state index contributed by atoms with van der Waals surface area (Å²) in [4.78, 5) is 26.8. The first-order valence-corrected chi connectivity index (χ1v) is 9.84. The molecule has 0 aromatic heterocycles. The average Bonchev–Trinajstić information content (AvgIpc) is 2.79. The number of rotatable bonds is 7. The summed E-state index contributed by atoms with van der Waals surface area (Å²) < 4.78 is 15.7. The number of hydrogen-bond acceptors (Lipinski definition) is 7. The molecule has 0 aliphatic carbocycles. The van der Waals surface area contributed by atoms with Crippen LogP contribution < -0.4 is 14.8 Å². The number of carbonyl (C=O) groups is 2. The number of amides is 1. The number of anilines is 1. The van der Waals surface area contributed by atoms with Gasteiger partial charge in [0.1, 0.15) is 0 Å². The van der Waals surface area contributed by atoms with Crippen molar-refractivity contribution in [3.63, 3.8) is 0 Å². The first-order valence-electron chi connectivity index (χ1n) is 9.84.